The topological polar surface area (TPSA) is 123 Å². The van der Waals surface area contributed by atoms with Crippen LogP contribution in [0, 0.1) is 0 Å². The Morgan fingerprint density at radius 2 is 1.89 bits per heavy atom. The smallest absolute Gasteiger partial charge is 0.355 e. The van der Waals surface area contributed by atoms with E-state index in [4.69, 9.17) is 23.9 Å². The molecule has 37 heavy (non-hydrogen) atoms. The highest BCUT2D eigenvalue weighted by atomic mass is 16.6. The molecule has 0 aliphatic carbocycles. The lowest BCUT2D eigenvalue weighted by atomic mass is 9.85. The van der Waals surface area contributed by atoms with E-state index in [9.17, 15) is 19.2 Å². The second-order valence-electron chi connectivity index (χ2n) is 9.26. The summed E-state index contributed by atoms with van der Waals surface area (Å²) >= 11 is 0. The second-order valence-corrected chi connectivity index (χ2v) is 9.26. The van der Waals surface area contributed by atoms with E-state index in [2.05, 4.69) is 0 Å². The molecule has 5 rings (SSSR count). The first kappa shape index (κ1) is 24.6. The van der Waals surface area contributed by atoms with Gasteiger partial charge in [0.1, 0.15) is 19.8 Å². The number of hydrogen-bond donors (Lipinski definition) is 0. The molecule has 0 N–H and O–H groups in total. The van der Waals surface area contributed by atoms with Gasteiger partial charge in [-0.2, -0.15) is 0 Å². The molecule has 3 aromatic rings. The molecular formula is C27H26N2O8. The first-order chi connectivity index (χ1) is 17.7. The number of carbonyl (C=O) groups is 3. The number of benzene rings is 1. The summed E-state index contributed by atoms with van der Waals surface area (Å²) in [7, 11) is 0. The van der Waals surface area contributed by atoms with Gasteiger partial charge in [0, 0.05) is 16.5 Å². The minimum absolute atomic E-state index is 0.0286. The van der Waals surface area contributed by atoms with Crippen molar-refractivity contribution in [1.29, 1.82) is 0 Å². The van der Waals surface area contributed by atoms with Crippen LogP contribution >= 0.6 is 0 Å². The number of para-hydroxylation sites is 1. The zero-order valence-electron chi connectivity index (χ0n) is 20.7. The Morgan fingerprint density at radius 1 is 1.14 bits per heavy atom. The Hall–Kier alpha value is -4.05. The van der Waals surface area contributed by atoms with Crippen molar-refractivity contribution in [3.8, 4) is 11.4 Å². The fourth-order valence-electron chi connectivity index (χ4n) is 4.82. The van der Waals surface area contributed by atoms with Crippen molar-refractivity contribution in [2.75, 3.05) is 13.2 Å². The Morgan fingerprint density at radius 3 is 2.65 bits per heavy atom. The van der Waals surface area contributed by atoms with E-state index in [0.29, 0.717) is 17.9 Å². The maximum absolute atomic E-state index is 13.5. The average molecular weight is 507 g/mol. The molecule has 1 atom stereocenters. The largest absolute Gasteiger partial charge is 0.461 e. The summed E-state index contributed by atoms with van der Waals surface area (Å²) in [6, 6.07) is 11.4. The molecule has 0 saturated heterocycles. The fourth-order valence-corrected chi connectivity index (χ4v) is 4.82. The lowest BCUT2D eigenvalue weighted by Gasteiger charge is -2.35. The van der Waals surface area contributed by atoms with Crippen molar-refractivity contribution in [3.63, 3.8) is 0 Å². The summed E-state index contributed by atoms with van der Waals surface area (Å²) in [6.45, 7) is 4.13. The minimum Gasteiger partial charge on any atom is -0.461 e. The van der Waals surface area contributed by atoms with E-state index in [1.54, 1.807) is 31.4 Å². The average Bonchev–Trinajstić information content (AvgIpc) is 3.22. The first-order valence-corrected chi connectivity index (χ1v) is 12.1. The van der Waals surface area contributed by atoms with Crippen molar-refractivity contribution in [2.45, 2.75) is 52.0 Å². The third kappa shape index (κ3) is 4.27. The van der Waals surface area contributed by atoms with Crippen LogP contribution in [0.5, 0.6) is 0 Å². The van der Waals surface area contributed by atoms with Gasteiger partial charge in [-0.1, -0.05) is 25.1 Å². The summed E-state index contributed by atoms with van der Waals surface area (Å²) in [5.41, 5.74) is 1.20. The Kier molecular flexibility index (Phi) is 6.28. The van der Waals surface area contributed by atoms with Crippen LogP contribution in [0.4, 0.5) is 0 Å². The molecule has 0 bridgehead atoms. The number of fused-ring (bicyclic) bond motifs is 5. The number of cyclic esters (lactones) is 1. The molecule has 0 fully saturated rings. The van der Waals surface area contributed by atoms with E-state index < -0.39 is 36.7 Å². The van der Waals surface area contributed by atoms with Crippen LogP contribution < -0.4 is 5.56 Å². The molecule has 192 valence electrons. The normalized spacial score (nSPS) is 17.7. The fraction of sp³-hybridized carbons (Fsp3) is 0.370. The van der Waals surface area contributed by atoms with Gasteiger partial charge in [0.25, 0.3) is 5.56 Å². The third-order valence-electron chi connectivity index (χ3n) is 6.48. The summed E-state index contributed by atoms with van der Waals surface area (Å²) in [5.74, 6) is -2.28. The molecule has 0 unspecified atom stereocenters. The minimum atomic E-state index is -1.83. The number of esters is 3. The number of pyridine rings is 2. The lowest BCUT2D eigenvalue weighted by molar-refractivity contribution is -0.192. The molecule has 10 heteroatoms. The highest BCUT2D eigenvalue weighted by Crippen LogP contribution is 2.40. The molecule has 2 aliphatic heterocycles. The molecular weight excluding hydrogens is 480 g/mol. The number of ether oxygens (including phenoxy) is 4. The highest BCUT2D eigenvalue weighted by molar-refractivity contribution is 5.88. The van der Waals surface area contributed by atoms with E-state index >= 15 is 0 Å². The standard InChI is InChI=1S/C27H26N2O8/c1-4-27(37-23(31)14-34-13-22(30)36-15(2)3)19-10-21-24-17(9-16-7-5-6-8-20(16)28-24)11-29(21)25(32)18(19)12-35-26(27)33/h5-10,15H,4,11-14H2,1-3H3/t27-/m0/s1. The quantitative estimate of drug-likeness (QED) is 0.275. The van der Waals surface area contributed by atoms with Gasteiger partial charge in [-0.25, -0.2) is 19.4 Å². The Bertz CT molecular complexity index is 1490. The second kappa shape index (κ2) is 9.44. The van der Waals surface area contributed by atoms with Gasteiger partial charge in [-0.05, 0) is 38.5 Å². The van der Waals surface area contributed by atoms with E-state index in [1.165, 1.54) is 0 Å². The van der Waals surface area contributed by atoms with Gasteiger partial charge >= 0.3 is 17.9 Å². The summed E-state index contributed by atoms with van der Waals surface area (Å²) in [4.78, 5) is 55.7. The Balaban J connectivity index is 1.49. The molecule has 1 aromatic carbocycles. The number of nitrogens with zero attached hydrogens (tertiary/aromatic N) is 2. The summed E-state index contributed by atoms with van der Waals surface area (Å²) < 4.78 is 22.6. The predicted molar refractivity (Wildman–Crippen MR) is 130 cm³/mol. The van der Waals surface area contributed by atoms with Crippen LogP contribution in [0.3, 0.4) is 0 Å². The van der Waals surface area contributed by atoms with E-state index in [-0.39, 0.29) is 35.8 Å². The van der Waals surface area contributed by atoms with Gasteiger partial charge in [0.2, 0.25) is 5.60 Å². The zero-order chi connectivity index (χ0) is 26.3. The van der Waals surface area contributed by atoms with Crippen LogP contribution in [0.2, 0.25) is 0 Å². The Labute approximate surface area is 212 Å². The summed E-state index contributed by atoms with van der Waals surface area (Å²) in [5, 5.41) is 0.958. The van der Waals surface area contributed by atoms with Crippen LogP contribution in [0.25, 0.3) is 22.3 Å². The molecule has 0 saturated carbocycles. The van der Waals surface area contributed by atoms with Crippen molar-refractivity contribution < 1.29 is 33.3 Å². The maximum atomic E-state index is 13.5. The van der Waals surface area contributed by atoms with Crippen LogP contribution in [-0.4, -0.2) is 46.8 Å². The van der Waals surface area contributed by atoms with Gasteiger partial charge in [0.15, 0.2) is 0 Å². The molecule has 0 radical (unpaired) electrons. The first-order valence-electron chi connectivity index (χ1n) is 12.1. The number of aromatic nitrogens is 2. The molecule has 2 aromatic heterocycles. The zero-order valence-corrected chi connectivity index (χ0v) is 20.7. The number of hydrogen-bond acceptors (Lipinski definition) is 9. The van der Waals surface area contributed by atoms with Gasteiger partial charge in [0.05, 0.1) is 35.1 Å². The van der Waals surface area contributed by atoms with E-state index in [1.807, 2.05) is 30.3 Å². The highest BCUT2D eigenvalue weighted by Gasteiger charge is 2.50. The van der Waals surface area contributed by atoms with Crippen LogP contribution in [-0.2, 0) is 52.1 Å². The van der Waals surface area contributed by atoms with Crippen molar-refractivity contribution in [3.05, 3.63) is 63.4 Å². The monoisotopic (exact) mass is 506 g/mol. The third-order valence-corrected chi connectivity index (χ3v) is 6.48. The van der Waals surface area contributed by atoms with Gasteiger partial charge in [-0.15, -0.1) is 0 Å². The SMILES string of the molecule is CC[C@@]1(OC(=O)COCC(=O)OC(C)C)C(=O)OCc2c1cc1n(c2=O)Cc2cc3ccccc3nc2-1. The van der Waals surface area contributed by atoms with Crippen molar-refractivity contribution >= 4 is 28.8 Å². The molecule has 4 heterocycles. The summed E-state index contributed by atoms with van der Waals surface area (Å²) in [6.07, 6.45) is -0.292. The predicted octanol–water partition coefficient (Wildman–Crippen LogP) is 2.60. The molecule has 0 spiro atoms. The molecule has 0 amide bonds. The van der Waals surface area contributed by atoms with Crippen LogP contribution in [0.1, 0.15) is 43.9 Å². The maximum Gasteiger partial charge on any atom is 0.355 e. The number of rotatable bonds is 7. The van der Waals surface area contributed by atoms with Crippen molar-refractivity contribution in [1.82, 2.24) is 9.55 Å². The number of carbonyl (C=O) groups excluding carboxylic acids is 3. The molecule has 10 nitrogen and oxygen atoms in total. The molecule has 2 aliphatic rings. The van der Waals surface area contributed by atoms with E-state index in [0.717, 1.165) is 16.5 Å². The van der Waals surface area contributed by atoms with Crippen LogP contribution in [0.15, 0.2) is 41.2 Å². The van der Waals surface area contributed by atoms with Gasteiger partial charge < -0.3 is 23.5 Å². The van der Waals surface area contributed by atoms with Crippen molar-refractivity contribution in [2.24, 2.45) is 0 Å². The lowest BCUT2D eigenvalue weighted by Crippen LogP contribution is -2.48. The van der Waals surface area contributed by atoms with Gasteiger partial charge in [-0.3, -0.25) is 4.79 Å².